The highest BCUT2D eigenvalue weighted by molar-refractivity contribution is 9.10. The van der Waals surface area contributed by atoms with Crippen LogP contribution in [0.1, 0.15) is 31.2 Å². The third-order valence-electron chi connectivity index (χ3n) is 3.61. The van der Waals surface area contributed by atoms with Gasteiger partial charge in [-0.25, -0.2) is 4.98 Å². The van der Waals surface area contributed by atoms with Gasteiger partial charge in [0, 0.05) is 19.3 Å². The second-order valence-corrected chi connectivity index (χ2v) is 6.46. The summed E-state index contributed by atoms with van der Waals surface area (Å²) in [5.74, 6) is 2.99. The lowest BCUT2D eigenvalue weighted by Crippen LogP contribution is -2.29. The van der Waals surface area contributed by atoms with Crippen molar-refractivity contribution < 1.29 is 0 Å². The molecule has 17 heavy (non-hydrogen) atoms. The molecule has 0 bridgehead atoms. The number of aromatic nitrogens is 1. The van der Waals surface area contributed by atoms with Crippen LogP contribution in [0, 0.1) is 18.8 Å². The summed E-state index contributed by atoms with van der Waals surface area (Å²) < 4.78 is 1.15. The van der Waals surface area contributed by atoms with E-state index in [0.717, 1.165) is 22.1 Å². The Labute approximate surface area is 112 Å². The number of anilines is 1. The second kappa shape index (κ2) is 4.60. The van der Waals surface area contributed by atoms with Crippen molar-refractivity contribution in [1.29, 1.82) is 0 Å². The van der Waals surface area contributed by atoms with E-state index < -0.39 is 0 Å². The predicted octanol–water partition coefficient (Wildman–Crippen LogP) is 3.78. The summed E-state index contributed by atoms with van der Waals surface area (Å²) in [7, 11) is 0. The molecule has 0 aliphatic heterocycles. The van der Waals surface area contributed by atoms with Gasteiger partial charge in [-0.3, -0.25) is 0 Å². The Morgan fingerprint density at radius 3 is 2.29 bits per heavy atom. The molecule has 0 N–H and O–H groups in total. The van der Waals surface area contributed by atoms with Gasteiger partial charge in [0.15, 0.2) is 0 Å². The summed E-state index contributed by atoms with van der Waals surface area (Å²) in [4.78, 5) is 7.12. The molecule has 3 rings (SSSR count). The Hall–Kier alpha value is -0.570. The van der Waals surface area contributed by atoms with Crippen LogP contribution < -0.4 is 4.90 Å². The van der Waals surface area contributed by atoms with E-state index in [-0.39, 0.29) is 0 Å². The molecule has 3 heteroatoms. The lowest BCUT2D eigenvalue weighted by Gasteiger charge is -2.24. The molecular weight excluding hydrogens is 276 g/mol. The summed E-state index contributed by atoms with van der Waals surface area (Å²) in [5, 5.41) is 0. The Morgan fingerprint density at radius 2 is 1.82 bits per heavy atom. The molecular formula is C14H19BrN2. The number of hydrogen-bond acceptors (Lipinski definition) is 2. The van der Waals surface area contributed by atoms with E-state index in [9.17, 15) is 0 Å². The van der Waals surface area contributed by atoms with E-state index in [1.807, 2.05) is 6.20 Å². The van der Waals surface area contributed by atoms with E-state index in [0.29, 0.717) is 0 Å². The van der Waals surface area contributed by atoms with Crippen LogP contribution in [0.2, 0.25) is 0 Å². The first kappa shape index (κ1) is 11.5. The summed E-state index contributed by atoms with van der Waals surface area (Å²) in [5.41, 5.74) is 1.22. The lowest BCUT2D eigenvalue weighted by atomic mass is 10.2. The standard InChI is InChI=1S/C14H19BrN2/c1-10-6-13(15)14(16-7-10)17(8-11-2-3-11)9-12-4-5-12/h6-7,11-12H,2-5,8-9H2,1H3. The maximum atomic E-state index is 4.62. The van der Waals surface area contributed by atoms with Gasteiger partial charge in [0.25, 0.3) is 0 Å². The highest BCUT2D eigenvalue weighted by Gasteiger charge is 2.30. The monoisotopic (exact) mass is 294 g/mol. The van der Waals surface area contributed by atoms with Crippen molar-refractivity contribution in [2.24, 2.45) is 11.8 Å². The molecule has 2 fully saturated rings. The van der Waals surface area contributed by atoms with E-state index in [2.05, 4.69) is 38.8 Å². The minimum atomic E-state index is 0.920. The zero-order valence-electron chi connectivity index (χ0n) is 10.3. The first-order chi connectivity index (χ1) is 8.22. The number of hydrogen-bond donors (Lipinski definition) is 0. The first-order valence-electron chi connectivity index (χ1n) is 6.59. The Balaban J connectivity index is 1.78. The molecule has 0 spiro atoms. The van der Waals surface area contributed by atoms with Gasteiger partial charge in [-0.15, -0.1) is 0 Å². The van der Waals surface area contributed by atoms with Crippen LogP contribution in [0.4, 0.5) is 5.82 Å². The van der Waals surface area contributed by atoms with Crippen LogP contribution in [-0.4, -0.2) is 18.1 Å². The van der Waals surface area contributed by atoms with Crippen LogP contribution in [0.15, 0.2) is 16.7 Å². The van der Waals surface area contributed by atoms with Gasteiger partial charge in [0.1, 0.15) is 5.82 Å². The molecule has 1 heterocycles. The number of halogens is 1. The molecule has 0 saturated heterocycles. The maximum absolute atomic E-state index is 4.62. The molecule has 2 saturated carbocycles. The van der Waals surface area contributed by atoms with Gasteiger partial charge in [0.05, 0.1) is 4.47 Å². The van der Waals surface area contributed by atoms with Gasteiger partial charge in [-0.1, -0.05) is 0 Å². The first-order valence-corrected chi connectivity index (χ1v) is 7.39. The van der Waals surface area contributed by atoms with Crippen LogP contribution in [0.3, 0.4) is 0 Å². The predicted molar refractivity (Wildman–Crippen MR) is 74.3 cm³/mol. The Kier molecular flexibility index (Phi) is 3.12. The molecule has 92 valence electrons. The number of rotatable bonds is 5. The zero-order chi connectivity index (χ0) is 11.8. The fourth-order valence-corrected chi connectivity index (χ4v) is 2.94. The van der Waals surface area contributed by atoms with Gasteiger partial charge in [0.2, 0.25) is 0 Å². The van der Waals surface area contributed by atoms with E-state index in [1.54, 1.807) is 0 Å². The fraction of sp³-hybridized carbons (Fsp3) is 0.643. The van der Waals surface area contributed by atoms with Gasteiger partial charge in [-0.05, 0) is 72.0 Å². The summed E-state index contributed by atoms with van der Waals surface area (Å²) in [6, 6.07) is 2.18. The van der Waals surface area contributed by atoms with Crippen molar-refractivity contribution >= 4 is 21.7 Å². The largest absolute Gasteiger partial charge is 0.355 e. The van der Waals surface area contributed by atoms with Crippen molar-refractivity contribution in [3.8, 4) is 0 Å². The van der Waals surface area contributed by atoms with Gasteiger partial charge in [-0.2, -0.15) is 0 Å². The summed E-state index contributed by atoms with van der Waals surface area (Å²) in [6.45, 7) is 4.49. The topological polar surface area (TPSA) is 16.1 Å². The molecule has 0 atom stereocenters. The van der Waals surface area contributed by atoms with E-state index >= 15 is 0 Å². The van der Waals surface area contributed by atoms with Gasteiger partial charge < -0.3 is 4.90 Å². The van der Waals surface area contributed by atoms with Crippen molar-refractivity contribution in [3.05, 3.63) is 22.3 Å². The smallest absolute Gasteiger partial charge is 0.142 e. The number of nitrogens with zero attached hydrogens (tertiary/aromatic N) is 2. The molecule has 0 radical (unpaired) electrons. The molecule has 2 nitrogen and oxygen atoms in total. The minimum Gasteiger partial charge on any atom is -0.355 e. The van der Waals surface area contributed by atoms with E-state index in [4.69, 9.17) is 0 Å². The third kappa shape index (κ3) is 3.01. The molecule has 0 amide bonds. The molecule has 2 aliphatic carbocycles. The maximum Gasteiger partial charge on any atom is 0.142 e. The quantitative estimate of drug-likeness (QED) is 0.822. The van der Waals surface area contributed by atoms with Crippen molar-refractivity contribution in [3.63, 3.8) is 0 Å². The minimum absolute atomic E-state index is 0.920. The highest BCUT2D eigenvalue weighted by atomic mass is 79.9. The normalized spacial score (nSPS) is 19.4. The van der Waals surface area contributed by atoms with Crippen LogP contribution in [0.5, 0.6) is 0 Å². The van der Waals surface area contributed by atoms with E-state index in [1.165, 1.54) is 44.3 Å². The average Bonchev–Trinajstić information content (AvgIpc) is 3.11. The zero-order valence-corrected chi connectivity index (χ0v) is 11.9. The Morgan fingerprint density at radius 1 is 1.24 bits per heavy atom. The van der Waals surface area contributed by atoms with Crippen molar-refractivity contribution in [2.45, 2.75) is 32.6 Å². The fourth-order valence-electron chi connectivity index (χ4n) is 2.23. The van der Waals surface area contributed by atoms with Crippen molar-refractivity contribution in [1.82, 2.24) is 4.98 Å². The third-order valence-corrected chi connectivity index (χ3v) is 4.19. The van der Waals surface area contributed by atoms with Gasteiger partial charge >= 0.3 is 0 Å². The molecule has 1 aromatic rings. The number of pyridine rings is 1. The molecule has 2 aliphatic rings. The molecule has 0 unspecified atom stereocenters. The molecule has 1 aromatic heterocycles. The van der Waals surface area contributed by atoms with Crippen LogP contribution in [-0.2, 0) is 0 Å². The highest BCUT2D eigenvalue weighted by Crippen LogP contribution is 2.37. The summed E-state index contributed by atoms with van der Waals surface area (Å²) >= 11 is 3.66. The van der Waals surface area contributed by atoms with Crippen molar-refractivity contribution in [2.75, 3.05) is 18.0 Å². The Bertz CT molecular complexity index is 397. The number of aryl methyl sites for hydroxylation is 1. The lowest BCUT2D eigenvalue weighted by molar-refractivity contribution is 0.670. The average molecular weight is 295 g/mol. The van der Waals surface area contributed by atoms with Crippen LogP contribution in [0.25, 0.3) is 0 Å². The second-order valence-electron chi connectivity index (χ2n) is 5.61. The summed E-state index contributed by atoms with van der Waals surface area (Å²) in [6.07, 6.45) is 7.61. The van der Waals surface area contributed by atoms with Crippen LogP contribution >= 0.6 is 15.9 Å². The molecule has 0 aromatic carbocycles. The SMILES string of the molecule is Cc1cnc(N(CC2CC2)CC2CC2)c(Br)c1.